The van der Waals surface area contributed by atoms with E-state index in [0.29, 0.717) is 31.7 Å². The van der Waals surface area contributed by atoms with E-state index >= 15 is 0 Å². The predicted molar refractivity (Wildman–Crippen MR) is 121 cm³/mol. The number of hydrogen-bond acceptors (Lipinski definition) is 5. The predicted octanol–water partition coefficient (Wildman–Crippen LogP) is 2.93. The lowest BCUT2D eigenvalue weighted by atomic mass is 9.81. The minimum Gasteiger partial charge on any atom is -0.480 e. The fourth-order valence-corrected chi connectivity index (χ4v) is 4.55. The summed E-state index contributed by atoms with van der Waals surface area (Å²) in [4.78, 5) is 14.2. The van der Waals surface area contributed by atoms with E-state index in [1.165, 1.54) is 18.4 Å². The number of piperidine rings is 1. The third kappa shape index (κ3) is 8.38. The van der Waals surface area contributed by atoms with Crippen LogP contribution in [0, 0.1) is 5.92 Å². The second kappa shape index (κ2) is 12.4. The molecule has 1 aromatic rings. The van der Waals surface area contributed by atoms with Crippen LogP contribution in [0.5, 0.6) is 0 Å². The molecule has 2 atom stereocenters. The molecule has 1 aromatic carbocycles. The molecule has 1 saturated heterocycles. The van der Waals surface area contributed by atoms with Crippen molar-refractivity contribution in [2.75, 3.05) is 13.1 Å². The van der Waals surface area contributed by atoms with Crippen molar-refractivity contribution >= 4 is 13.1 Å². The molecule has 1 fully saturated rings. The van der Waals surface area contributed by atoms with Gasteiger partial charge in [-0.2, -0.15) is 0 Å². The smallest absolute Gasteiger partial charge is 0.451 e. The molecule has 1 aliphatic heterocycles. The maximum absolute atomic E-state index is 11.7. The van der Waals surface area contributed by atoms with Crippen molar-refractivity contribution in [2.24, 2.45) is 11.7 Å². The Balaban J connectivity index is 1.69. The number of hydrogen-bond donors (Lipinski definition) is 4. The van der Waals surface area contributed by atoms with Crippen LogP contribution in [0.4, 0.5) is 0 Å². The first-order valence-electron chi connectivity index (χ1n) is 11.5. The Labute approximate surface area is 181 Å². The maximum atomic E-state index is 11.7. The van der Waals surface area contributed by atoms with Gasteiger partial charge in [0, 0.05) is 6.04 Å². The van der Waals surface area contributed by atoms with E-state index < -0.39 is 18.6 Å². The van der Waals surface area contributed by atoms with Crippen LogP contribution in [0.25, 0.3) is 0 Å². The molecule has 0 radical (unpaired) electrons. The Kier molecular flexibility index (Phi) is 10.3. The molecule has 1 aliphatic rings. The first-order valence-corrected chi connectivity index (χ1v) is 11.5. The van der Waals surface area contributed by atoms with Gasteiger partial charge in [-0.25, -0.2) is 0 Å². The molecule has 2 unspecified atom stereocenters. The number of rotatable bonds is 13. The standard InChI is InChI=1S/C23H39BN2O4/c1-19(8-7-14-23(25,22(27)28)13-5-6-15-24(29)30)26-16-11-21(12-17-26)18-20-9-3-2-4-10-20/h2-4,9-10,19,21,29-30H,5-8,11-18,25H2,1H3,(H,27,28). The van der Waals surface area contributed by atoms with Crippen molar-refractivity contribution in [3.05, 3.63) is 35.9 Å². The molecule has 0 aromatic heterocycles. The first-order chi connectivity index (χ1) is 14.3. The van der Waals surface area contributed by atoms with Crippen molar-refractivity contribution < 1.29 is 19.9 Å². The molecular formula is C23H39BN2O4. The normalized spacial score (nSPS) is 18.7. The third-order valence-corrected chi connectivity index (χ3v) is 6.65. The second-order valence-corrected chi connectivity index (χ2v) is 9.10. The number of nitrogens with zero attached hydrogens (tertiary/aromatic N) is 1. The van der Waals surface area contributed by atoms with Crippen LogP contribution in [0.15, 0.2) is 30.3 Å². The number of unbranched alkanes of at least 4 members (excludes halogenated alkanes) is 1. The van der Waals surface area contributed by atoms with Gasteiger partial charge in [-0.15, -0.1) is 0 Å². The fraction of sp³-hybridized carbons (Fsp3) is 0.696. The van der Waals surface area contributed by atoms with Gasteiger partial charge in [-0.05, 0) is 82.8 Å². The summed E-state index contributed by atoms with van der Waals surface area (Å²) in [5.74, 6) is -0.210. The van der Waals surface area contributed by atoms with Crippen LogP contribution in [0.2, 0.25) is 6.32 Å². The van der Waals surface area contributed by atoms with Gasteiger partial charge < -0.3 is 25.8 Å². The summed E-state index contributed by atoms with van der Waals surface area (Å²) in [5, 5.41) is 27.4. The lowest BCUT2D eigenvalue weighted by molar-refractivity contribution is -0.144. The van der Waals surface area contributed by atoms with Gasteiger partial charge in [0.1, 0.15) is 5.54 Å². The SMILES string of the molecule is CC(CCCC(N)(CCCCB(O)O)C(=O)O)N1CCC(Cc2ccccc2)CC1. The minimum atomic E-state index is -1.33. The first kappa shape index (κ1) is 24.9. The molecule has 1 heterocycles. The molecule has 0 aliphatic carbocycles. The van der Waals surface area contributed by atoms with Gasteiger partial charge in [-0.3, -0.25) is 4.79 Å². The summed E-state index contributed by atoms with van der Waals surface area (Å²) in [5.41, 5.74) is 6.38. The number of carbonyl (C=O) groups is 1. The Morgan fingerprint density at radius 3 is 2.40 bits per heavy atom. The van der Waals surface area contributed by atoms with E-state index in [1.54, 1.807) is 0 Å². The molecule has 2 rings (SSSR count). The highest BCUT2D eigenvalue weighted by molar-refractivity contribution is 6.40. The van der Waals surface area contributed by atoms with E-state index in [-0.39, 0.29) is 6.32 Å². The zero-order chi connectivity index (χ0) is 22.0. The molecule has 5 N–H and O–H groups in total. The van der Waals surface area contributed by atoms with Crippen LogP contribution >= 0.6 is 0 Å². The lowest BCUT2D eigenvalue weighted by Crippen LogP contribution is -2.48. The van der Waals surface area contributed by atoms with Crippen molar-refractivity contribution in [3.63, 3.8) is 0 Å². The van der Waals surface area contributed by atoms with Gasteiger partial charge >= 0.3 is 13.1 Å². The highest BCUT2D eigenvalue weighted by atomic mass is 16.4. The Bertz CT molecular complexity index is 623. The summed E-state index contributed by atoms with van der Waals surface area (Å²) in [6.45, 7) is 4.45. The average molecular weight is 418 g/mol. The zero-order valence-electron chi connectivity index (χ0n) is 18.4. The van der Waals surface area contributed by atoms with E-state index in [2.05, 4.69) is 42.2 Å². The maximum Gasteiger partial charge on any atom is 0.451 e. The number of likely N-dealkylation sites (tertiary alicyclic amines) is 1. The monoisotopic (exact) mass is 418 g/mol. The molecule has 30 heavy (non-hydrogen) atoms. The summed E-state index contributed by atoms with van der Waals surface area (Å²) in [6, 6.07) is 11.1. The number of carboxylic acid groups (broad SMARTS) is 1. The molecule has 6 nitrogen and oxygen atoms in total. The van der Waals surface area contributed by atoms with Gasteiger partial charge in [0.05, 0.1) is 0 Å². The van der Waals surface area contributed by atoms with Crippen molar-refractivity contribution in [3.8, 4) is 0 Å². The molecule has 0 amide bonds. The van der Waals surface area contributed by atoms with Gasteiger partial charge in [0.15, 0.2) is 0 Å². The summed E-state index contributed by atoms with van der Waals surface area (Å²) < 4.78 is 0. The summed E-state index contributed by atoms with van der Waals surface area (Å²) in [7, 11) is -1.33. The highest BCUT2D eigenvalue weighted by Gasteiger charge is 2.33. The number of carboxylic acids is 1. The van der Waals surface area contributed by atoms with Gasteiger partial charge in [-0.1, -0.05) is 43.2 Å². The third-order valence-electron chi connectivity index (χ3n) is 6.65. The van der Waals surface area contributed by atoms with Crippen LogP contribution < -0.4 is 5.73 Å². The Morgan fingerprint density at radius 1 is 1.17 bits per heavy atom. The van der Waals surface area contributed by atoms with Crippen LogP contribution in [0.3, 0.4) is 0 Å². The second-order valence-electron chi connectivity index (χ2n) is 9.10. The largest absolute Gasteiger partial charge is 0.480 e. The molecular weight excluding hydrogens is 379 g/mol. The van der Waals surface area contributed by atoms with Crippen molar-refractivity contribution in [2.45, 2.75) is 82.6 Å². The van der Waals surface area contributed by atoms with Gasteiger partial charge in [0.2, 0.25) is 0 Å². The highest BCUT2D eigenvalue weighted by Crippen LogP contribution is 2.26. The Hall–Kier alpha value is -1.41. The molecule has 7 heteroatoms. The number of aliphatic carboxylic acids is 1. The molecule has 168 valence electrons. The topological polar surface area (TPSA) is 107 Å². The van der Waals surface area contributed by atoms with E-state index in [4.69, 9.17) is 15.8 Å². The van der Waals surface area contributed by atoms with E-state index in [9.17, 15) is 9.90 Å². The zero-order valence-corrected chi connectivity index (χ0v) is 18.4. The molecule has 0 saturated carbocycles. The van der Waals surface area contributed by atoms with Crippen LogP contribution in [-0.2, 0) is 11.2 Å². The van der Waals surface area contributed by atoms with Gasteiger partial charge in [0.25, 0.3) is 0 Å². The summed E-state index contributed by atoms with van der Waals surface area (Å²) in [6.07, 6.45) is 7.56. The minimum absolute atomic E-state index is 0.257. The molecule has 0 spiro atoms. The molecule has 0 bridgehead atoms. The number of nitrogens with two attached hydrogens (primary N) is 1. The quantitative estimate of drug-likeness (QED) is 0.290. The van der Waals surface area contributed by atoms with Crippen molar-refractivity contribution in [1.82, 2.24) is 4.90 Å². The Morgan fingerprint density at radius 2 is 1.80 bits per heavy atom. The summed E-state index contributed by atoms with van der Waals surface area (Å²) >= 11 is 0. The van der Waals surface area contributed by atoms with Crippen LogP contribution in [-0.4, -0.2) is 57.8 Å². The van der Waals surface area contributed by atoms with Crippen LogP contribution in [0.1, 0.15) is 63.9 Å². The lowest BCUT2D eigenvalue weighted by Gasteiger charge is -2.36. The van der Waals surface area contributed by atoms with E-state index in [0.717, 1.165) is 38.3 Å². The average Bonchev–Trinajstić information content (AvgIpc) is 2.72. The fourth-order valence-electron chi connectivity index (χ4n) is 4.55. The number of benzene rings is 1. The van der Waals surface area contributed by atoms with Crippen molar-refractivity contribution in [1.29, 1.82) is 0 Å². The van der Waals surface area contributed by atoms with E-state index in [1.807, 2.05) is 0 Å².